The second-order valence-electron chi connectivity index (χ2n) is 2.18. The lowest BCUT2D eigenvalue weighted by atomic mass is 10.1. The van der Waals surface area contributed by atoms with Crippen LogP contribution in [0, 0.1) is 0 Å². The van der Waals surface area contributed by atoms with Gasteiger partial charge in [-0.2, -0.15) is 0 Å². The van der Waals surface area contributed by atoms with E-state index in [2.05, 4.69) is 4.74 Å². The van der Waals surface area contributed by atoms with Crippen molar-refractivity contribution in [3.8, 4) is 0 Å². The van der Waals surface area contributed by atoms with Gasteiger partial charge in [-0.25, -0.2) is 0 Å². The molecule has 3 atom stereocenters. The fraction of sp³-hybridized carbons (Fsp3) is 1.00. The van der Waals surface area contributed by atoms with Crippen LogP contribution in [0.4, 0.5) is 0 Å². The number of hydrogen-bond acceptors (Lipinski definition) is 4. The molecule has 0 aromatic rings. The van der Waals surface area contributed by atoms with Gasteiger partial charge in [-0.05, 0) is 0 Å². The maximum absolute atomic E-state index is 8.81. The molecular formula is C5H10O4. The molecule has 1 saturated heterocycles. The highest BCUT2D eigenvalue weighted by molar-refractivity contribution is 4.70. The molecule has 0 spiro atoms. The summed E-state index contributed by atoms with van der Waals surface area (Å²) in [5.41, 5.74) is 0. The topological polar surface area (TPSA) is 69.9 Å². The highest BCUT2D eigenvalue weighted by Crippen LogP contribution is 2.11. The number of rotatable bonds is 0. The Labute approximate surface area is 52.7 Å². The van der Waals surface area contributed by atoms with Crippen LogP contribution in [-0.2, 0) is 4.74 Å². The van der Waals surface area contributed by atoms with Crippen LogP contribution in [0.25, 0.3) is 0 Å². The standard InChI is InChI=1S/C5H10O4/c6-3-1-4(7)5(8)9-2-3/h3-8H,1-2H2/t3-,4-,5?/m0/s1. The Morgan fingerprint density at radius 1 is 1.22 bits per heavy atom. The van der Waals surface area contributed by atoms with Gasteiger partial charge >= 0.3 is 0 Å². The van der Waals surface area contributed by atoms with Crippen LogP contribution in [-0.4, -0.2) is 40.4 Å². The summed E-state index contributed by atoms with van der Waals surface area (Å²) in [4.78, 5) is 0. The van der Waals surface area contributed by atoms with Crippen LogP contribution >= 0.6 is 0 Å². The van der Waals surface area contributed by atoms with Crippen LogP contribution in [0.15, 0.2) is 0 Å². The van der Waals surface area contributed by atoms with Crippen LogP contribution in [0.3, 0.4) is 0 Å². The zero-order valence-electron chi connectivity index (χ0n) is 4.90. The van der Waals surface area contributed by atoms with E-state index < -0.39 is 18.5 Å². The molecule has 1 aliphatic rings. The highest BCUT2D eigenvalue weighted by atomic mass is 16.6. The molecule has 0 aromatic carbocycles. The smallest absolute Gasteiger partial charge is 0.181 e. The number of ether oxygens (including phenoxy) is 1. The molecule has 0 aliphatic carbocycles. The van der Waals surface area contributed by atoms with E-state index in [9.17, 15) is 0 Å². The molecule has 4 heteroatoms. The first-order valence-corrected chi connectivity index (χ1v) is 2.86. The number of hydrogen-bond donors (Lipinski definition) is 3. The molecule has 0 radical (unpaired) electrons. The SMILES string of the molecule is OC1OC[C@@H](O)C[C@@H]1O. The lowest BCUT2D eigenvalue weighted by molar-refractivity contribution is -0.211. The minimum atomic E-state index is -1.12. The normalized spacial score (nSPS) is 45.0. The van der Waals surface area contributed by atoms with Crippen molar-refractivity contribution in [2.75, 3.05) is 6.61 Å². The van der Waals surface area contributed by atoms with Gasteiger partial charge in [0.1, 0.15) is 6.10 Å². The van der Waals surface area contributed by atoms with E-state index in [1.54, 1.807) is 0 Å². The van der Waals surface area contributed by atoms with Crippen LogP contribution in [0.2, 0.25) is 0 Å². The van der Waals surface area contributed by atoms with Crippen molar-refractivity contribution >= 4 is 0 Å². The van der Waals surface area contributed by atoms with Gasteiger partial charge in [0.25, 0.3) is 0 Å². The van der Waals surface area contributed by atoms with Gasteiger partial charge in [-0.1, -0.05) is 0 Å². The minimum Gasteiger partial charge on any atom is -0.391 e. The van der Waals surface area contributed by atoms with Crippen LogP contribution in [0.5, 0.6) is 0 Å². The molecular weight excluding hydrogens is 124 g/mol. The van der Waals surface area contributed by atoms with Gasteiger partial charge in [-0.3, -0.25) is 0 Å². The third-order valence-corrected chi connectivity index (χ3v) is 1.30. The monoisotopic (exact) mass is 134 g/mol. The molecule has 54 valence electrons. The predicted molar refractivity (Wildman–Crippen MR) is 28.6 cm³/mol. The molecule has 1 heterocycles. The summed E-state index contributed by atoms with van der Waals surface area (Å²) < 4.78 is 4.56. The Kier molecular flexibility index (Phi) is 2.02. The van der Waals surface area contributed by atoms with E-state index in [0.717, 1.165) is 0 Å². The third-order valence-electron chi connectivity index (χ3n) is 1.30. The molecule has 0 aromatic heterocycles. The van der Waals surface area contributed by atoms with Gasteiger partial charge in [0.15, 0.2) is 6.29 Å². The van der Waals surface area contributed by atoms with Gasteiger partial charge in [0.2, 0.25) is 0 Å². The zero-order chi connectivity index (χ0) is 6.85. The van der Waals surface area contributed by atoms with E-state index in [-0.39, 0.29) is 13.0 Å². The molecule has 0 bridgehead atoms. The molecule has 1 rings (SSSR count). The van der Waals surface area contributed by atoms with Gasteiger partial charge in [0, 0.05) is 6.42 Å². The second kappa shape index (κ2) is 2.62. The van der Waals surface area contributed by atoms with E-state index in [4.69, 9.17) is 15.3 Å². The summed E-state index contributed by atoms with van der Waals surface area (Å²) in [5, 5.41) is 26.3. The Hall–Kier alpha value is -0.160. The molecule has 0 saturated carbocycles. The van der Waals surface area contributed by atoms with Crippen LogP contribution < -0.4 is 0 Å². The maximum atomic E-state index is 8.81. The van der Waals surface area contributed by atoms with Gasteiger partial charge in [-0.15, -0.1) is 0 Å². The first-order chi connectivity index (χ1) is 4.20. The molecule has 3 N–H and O–H groups in total. The summed E-state index contributed by atoms with van der Waals surface area (Å²) in [6.45, 7) is 0.109. The minimum absolute atomic E-state index is 0.109. The third kappa shape index (κ3) is 1.62. The summed E-state index contributed by atoms with van der Waals surface area (Å²) in [6, 6.07) is 0. The fourth-order valence-corrected chi connectivity index (χ4v) is 0.784. The number of aliphatic hydroxyl groups excluding tert-OH is 3. The molecule has 1 aliphatic heterocycles. The lowest BCUT2D eigenvalue weighted by Gasteiger charge is -2.26. The second-order valence-corrected chi connectivity index (χ2v) is 2.18. The van der Waals surface area contributed by atoms with Crippen molar-refractivity contribution in [2.45, 2.75) is 24.9 Å². The van der Waals surface area contributed by atoms with Gasteiger partial charge < -0.3 is 20.1 Å². The van der Waals surface area contributed by atoms with Crippen LogP contribution in [0.1, 0.15) is 6.42 Å². The zero-order valence-corrected chi connectivity index (χ0v) is 4.90. The fourth-order valence-electron chi connectivity index (χ4n) is 0.784. The average Bonchev–Trinajstić information content (AvgIpc) is 1.80. The summed E-state index contributed by atoms with van der Waals surface area (Å²) in [6.07, 6.45) is -2.49. The van der Waals surface area contributed by atoms with E-state index in [1.165, 1.54) is 0 Å². The largest absolute Gasteiger partial charge is 0.391 e. The average molecular weight is 134 g/mol. The predicted octanol–water partition coefficient (Wildman–Crippen LogP) is -1.55. The van der Waals surface area contributed by atoms with Crippen molar-refractivity contribution in [1.82, 2.24) is 0 Å². The van der Waals surface area contributed by atoms with E-state index in [1.807, 2.05) is 0 Å². The molecule has 1 unspecified atom stereocenters. The van der Waals surface area contributed by atoms with Crippen molar-refractivity contribution < 1.29 is 20.1 Å². The number of aliphatic hydroxyl groups is 3. The Morgan fingerprint density at radius 3 is 2.33 bits per heavy atom. The molecule has 0 amide bonds. The van der Waals surface area contributed by atoms with Crippen molar-refractivity contribution in [2.24, 2.45) is 0 Å². The van der Waals surface area contributed by atoms with Gasteiger partial charge in [0.05, 0.1) is 12.7 Å². The van der Waals surface area contributed by atoms with E-state index >= 15 is 0 Å². The summed E-state index contributed by atoms with van der Waals surface area (Å²) >= 11 is 0. The molecule has 9 heavy (non-hydrogen) atoms. The Bertz CT molecular complexity index is 95.0. The van der Waals surface area contributed by atoms with Crippen molar-refractivity contribution in [1.29, 1.82) is 0 Å². The first-order valence-electron chi connectivity index (χ1n) is 2.86. The molecule has 4 nitrogen and oxygen atoms in total. The lowest BCUT2D eigenvalue weighted by Crippen LogP contribution is -2.40. The van der Waals surface area contributed by atoms with E-state index in [0.29, 0.717) is 0 Å². The maximum Gasteiger partial charge on any atom is 0.181 e. The molecule has 1 fully saturated rings. The van der Waals surface area contributed by atoms with Crippen molar-refractivity contribution in [3.63, 3.8) is 0 Å². The summed E-state index contributed by atoms with van der Waals surface area (Å²) in [5.74, 6) is 0. The Morgan fingerprint density at radius 2 is 1.89 bits per heavy atom. The highest BCUT2D eigenvalue weighted by Gasteiger charge is 2.26. The summed E-state index contributed by atoms with van der Waals surface area (Å²) in [7, 11) is 0. The Balaban J connectivity index is 2.35. The first kappa shape index (κ1) is 6.95. The van der Waals surface area contributed by atoms with Crippen molar-refractivity contribution in [3.05, 3.63) is 0 Å². The quantitative estimate of drug-likeness (QED) is 0.375.